The van der Waals surface area contributed by atoms with Gasteiger partial charge in [0.15, 0.2) is 0 Å². The molecule has 0 heterocycles. The van der Waals surface area contributed by atoms with Crippen LogP contribution in [0, 0.1) is 0 Å². The van der Waals surface area contributed by atoms with Crippen molar-refractivity contribution in [3.8, 4) is 0 Å². The first kappa shape index (κ1) is 17.8. The molecular weight excluding hydrogens is 246 g/mol. The molecule has 0 aliphatic carbocycles. The molecule has 0 bridgehead atoms. The molecule has 1 amide bonds. The zero-order valence-corrected chi connectivity index (χ0v) is 13.1. The minimum absolute atomic E-state index is 0.104. The van der Waals surface area contributed by atoms with Crippen LogP contribution in [0.15, 0.2) is 0 Å². The van der Waals surface area contributed by atoms with E-state index in [0.29, 0.717) is 0 Å². The second kappa shape index (κ2) is 11.8. The van der Waals surface area contributed by atoms with Gasteiger partial charge in [-0.2, -0.15) is 0 Å². The Hall–Kier alpha value is -0.240. The van der Waals surface area contributed by atoms with E-state index in [1.165, 1.54) is 38.5 Å². The van der Waals surface area contributed by atoms with Gasteiger partial charge in [-0.05, 0) is 20.3 Å². The maximum atomic E-state index is 11.9. The Morgan fingerprint density at radius 2 is 1.44 bits per heavy atom. The van der Waals surface area contributed by atoms with Crippen LogP contribution in [0.1, 0.15) is 72.1 Å². The zero-order valence-electron chi connectivity index (χ0n) is 12.4. The van der Waals surface area contributed by atoms with Gasteiger partial charge >= 0.3 is 0 Å². The zero-order chi connectivity index (χ0) is 13.8. The maximum Gasteiger partial charge on any atom is 0.240 e. The summed E-state index contributed by atoms with van der Waals surface area (Å²) in [5.74, 6) is 0.104. The van der Waals surface area contributed by atoms with Crippen molar-refractivity contribution in [2.24, 2.45) is 0 Å². The molecule has 0 spiro atoms. The Kier molecular flexibility index (Phi) is 11.7. The second-order valence-corrected chi connectivity index (χ2v) is 5.41. The fourth-order valence-electron chi connectivity index (χ4n) is 2.14. The van der Waals surface area contributed by atoms with Gasteiger partial charge in [0.2, 0.25) is 5.91 Å². The van der Waals surface area contributed by atoms with Crippen molar-refractivity contribution in [1.82, 2.24) is 4.90 Å². The molecule has 0 N–H and O–H groups in total. The first-order valence-corrected chi connectivity index (χ1v) is 8.03. The van der Waals surface area contributed by atoms with Gasteiger partial charge in [0.25, 0.3) is 0 Å². The summed E-state index contributed by atoms with van der Waals surface area (Å²) in [7, 11) is 0. The standard InChI is InChI=1S/C15H30ClNO/c1-4-7-8-9-10-11-12-13-14(16)15(18)17(5-2)6-3/h14H,4-13H2,1-3H3. The molecule has 0 aromatic heterocycles. The Bertz CT molecular complexity index is 205. The number of rotatable bonds is 11. The van der Waals surface area contributed by atoms with Gasteiger partial charge in [0.1, 0.15) is 5.38 Å². The molecule has 0 aromatic rings. The third-order valence-corrected chi connectivity index (χ3v) is 3.81. The van der Waals surface area contributed by atoms with Crippen molar-refractivity contribution in [3.63, 3.8) is 0 Å². The number of halogens is 1. The van der Waals surface area contributed by atoms with E-state index < -0.39 is 0 Å². The van der Waals surface area contributed by atoms with Crippen LogP contribution in [0.2, 0.25) is 0 Å². The number of amides is 1. The topological polar surface area (TPSA) is 20.3 Å². The smallest absolute Gasteiger partial charge is 0.240 e. The molecular formula is C15H30ClNO. The highest BCUT2D eigenvalue weighted by atomic mass is 35.5. The summed E-state index contributed by atoms with van der Waals surface area (Å²) in [5.41, 5.74) is 0. The lowest BCUT2D eigenvalue weighted by Gasteiger charge is -2.21. The largest absolute Gasteiger partial charge is 0.342 e. The van der Waals surface area contributed by atoms with Gasteiger partial charge in [-0.3, -0.25) is 4.79 Å². The van der Waals surface area contributed by atoms with E-state index in [1.807, 2.05) is 18.7 Å². The highest BCUT2D eigenvalue weighted by Crippen LogP contribution is 2.14. The SMILES string of the molecule is CCCCCCCCCC(Cl)C(=O)N(CC)CC. The van der Waals surface area contributed by atoms with Crippen molar-refractivity contribution in [2.75, 3.05) is 13.1 Å². The van der Waals surface area contributed by atoms with Crippen molar-refractivity contribution in [3.05, 3.63) is 0 Å². The monoisotopic (exact) mass is 275 g/mol. The van der Waals surface area contributed by atoms with Gasteiger partial charge in [-0.25, -0.2) is 0 Å². The average molecular weight is 276 g/mol. The molecule has 0 saturated carbocycles. The molecule has 18 heavy (non-hydrogen) atoms. The van der Waals surface area contributed by atoms with E-state index in [0.717, 1.165) is 25.9 Å². The molecule has 2 nitrogen and oxygen atoms in total. The van der Waals surface area contributed by atoms with Crippen molar-refractivity contribution >= 4 is 17.5 Å². The second-order valence-electron chi connectivity index (χ2n) is 4.89. The minimum atomic E-state index is -0.319. The predicted octanol–water partition coefficient (Wildman–Crippen LogP) is 4.60. The predicted molar refractivity (Wildman–Crippen MR) is 80.2 cm³/mol. The highest BCUT2D eigenvalue weighted by molar-refractivity contribution is 6.30. The van der Waals surface area contributed by atoms with Gasteiger partial charge in [0.05, 0.1) is 0 Å². The number of hydrogen-bond donors (Lipinski definition) is 0. The van der Waals surface area contributed by atoms with Gasteiger partial charge in [0, 0.05) is 13.1 Å². The van der Waals surface area contributed by atoms with Crippen LogP contribution < -0.4 is 0 Å². The molecule has 0 rings (SSSR count). The van der Waals surface area contributed by atoms with Crippen LogP contribution in [0.25, 0.3) is 0 Å². The Balaban J connectivity index is 3.57. The summed E-state index contributed by atoms with van der Waals surface area (Å²) in [6.45, 7) is 7.75. The summed E-state index contributed by atoms with van der Waals surface area (Å²) in [6, 6.07) is 0. The number of nitrogens with zero attached hydrogens (tertiary/aromatic N) is 1. The van der Waals surface area contributed by atoms with Crippen LogP contribution in [0.3, 0.4) is 0 Å². The summed E-state index contributed by atoms with van der Waals surface area (Å²) >= 11 is 6.15. The molecule has 108 valence electrons. The average Bonchev–Trinajstić information content (AvgIpc) is 2.38. The van der Waals surface area contributed by atoms with Crippen LogP contribution in [0.4, 0.5) is 0 Å². The van der Waals surface area contributed by atoms with Gasteiger partial charge in [-0.15, -0.1) is 11.6 Å². The fraction of sp³-hybridized carbons (Fsp3) is 0.933. The number of unbranched alkanes of at least 4 members (excludes halogenated alkanes) is 6. The van der Waals surface area contributed by atoms with E-state index in [1.54, 1.807) is 0 Å². The Morgan fingerprint density at radius 3 is 1.94 bits per heavy atom. The molecule has 3 heteroatoms. The molecule has 0 radical (unpaired) electrons. The summed E-state index contributed by atoms with van der Waals surface area (Å²) in [4.78, 5) is 13.7. The number of alkyl halides is 1. The summed E-state index contributed by atoms with van der Waals surface area (Å²) in [5, 5.41) is -0.319. The highest BCUT2D eigenvalue weighted by Gasteiger charge is 2.19. The first-order chi connectivity index (χ1) is 8.67. The van der Waals surface area contributed by atoms with Crippen LogP contribution in [0.5, 0.6) is 0 Å². The molecule has 1 atom stereocenters. The maximum absolute atomic E-state index is 11.9. The minimum Gasteiger partial charge on any atom is -0.342 e. The lowest BCUT2D eigenvalue weighted by atomic mass is 10.1. The van der Waals surface area contributed by atoms with Crippen LogP contribution in [-0.2, 0) is 4.79 Å². The molecule has 0 aliphatic rings. The Labute approximate surface area is 118 Å². The number of carbonyl (C=O) groups excluding carboxylic acids is 1. The quantitative estimate of drug-likeness (QED) is 0.398. The summed E-state index contributed by atoms with van der Waals surface area (Å²) < 4.78 is 0. The molecule has 0 aromatic carbocycles. The number of hydrogen-bond acceptors (Lipinski definition) is 1. The lowest BCUT2D eigenvalue weighted by molar-refractivity contribution is -0.130. The third-order valence-electron chi connectivity index (χ3n) is 3.40. The van der Waals surface area contributed by atoms with Gasteiger partial charge < -0.3 is 4.90 Å². The first-order valence-electron chi connectivity index (χ1n) is 7.60. The van der Waals surface area contributed by atoms with E-state index in [9.17, 15) is 4.79 Å². The van der Waals surface area contributed by atoms with Crippen LogP contribution in [-0.4, -0.2) is 29.3 Å². The molecule has 1 unspecified atom stereocenters. The van der Waals surface area contributed by atoms with Crippen LogP contribution >= 0.6 is 11.6 Å². The van der Waals surface area contributed by atoms with E-state index in [2.05, 4.69) is 6.92 Å². The number of carbonyl (C=O) groups is 1. The third kappa shape index (κ3) is 7.97. The summed E-state index contributed by atoms with van der Waals surface area (Å²) in [6.07, 6.45) is 9.70. The molecule has 0 saturated heterocycles. The van der Waals surface area contributed by atoms with E-state index >= 15 is 0 Å². The van der Waals surface area contributed by atoms with Gasteiger partial charge in [-0.1, -0.05) is 51.9 Å². The molecule has 0 fully saturated rings. The Morgan fingerprint density at radius 1 is 0.944 bits per heavy atom. The van der Waals surface area contributed by atoms with Crippen molar-refractivity contribution in [2.45, 2.75) is 77.5 Å². The normalized spacial score (nSPS) is 12.4. The lowest BCUT2D eigenvalue weighted by Crippen LogP contribution is -2.36. The molecule has 0 aliphatic heterocycles. The van der Waals surface area contributed by atoms with Crippen molar-refractivity contribution in [1.29, 1.82) is 0 Å². The van der Waals surface area contributed by atoms with E-state index in [-0.39, 0.29) is 11.3 Å². The van der Waals surface area contributed by atoms with Crippen molar-refractivity contribution < 1.29 is 4.79 Å². The van der Waals surface area contributed by atoms with E-state index in [4.69, 9.17) is 11.6 Å². The fourth-order valence-corrected chi connectivity index (χ4v) is 2.43.